The average molecular weight is 310 g/mol. The number of hydrogen-bond acceptors (Lipinski definition) is 3. The Kier molecular flexibility index (Phi) is 4.02. The number of rotatable bonds is 4. The summed E-state index contributed by atoms with van der Waals surface area (Å²) in [7, 11) is 0. The summed E-state index contributed by atoms with van der Waals surface area (Å²) in [6.07, 6.45) is 3.07. The van der Waals surface area contributed by atoms with Gasteiger partial charge in [-0.3, -0.25) is 13.9 Å². The SMILES string of the molecule is Cc1cc(C)cc(Cn2c(=O)ccn(Cc3ccco3)c2=O)c1. The van der Waals surface area contributed by atoms with Crippen LogP contribution in [-0.4, -0.2) is 9.13 Å². The molecule has 5 heteroatoms. The minimum Gasteiger partial charge on any atom is -0.467 e. The molecule has 0 atom stereocenters. The van der Waals surface area contributed by atoms with Gasteiger partial charge >= 0.3 is 5.69 Å². The lowest BCUT2D eigenvalue weighted by Gasteiger charge is -2.10. The number of nitrogens with zero attached hydrogens (tertiary/aromatic N) is 2. The molecule has 0 saturated carbocycles. The average Bonchev–Trinajstić information content (AvgIpc) is 2.98. The molecule has 2 aromatic heterocycles. The Morgan fingerprint density at radius 2 is 1.74 bits per heavy atom. The Labute approximate surface area is 133 Å². The second-order valence-electron chi connectivity index (χ2n) is 5.73. The predicted molar refractivity (Wildman–Crippen MR) is 87.8 cm³/mol. The highest BCUT2D eigenvalue weighted by molar-refractivity contribution is 5.28. The molecule has 5 nitrogen and oxygen atoms in total. The van der Waals surface area contributed by atoms with Gasteiger partial charge in [0, 0.05) is 12.3 Å². The Morgan fingerprint density at radius 3 is 2.39 bits per heavy atom. The van der Waals surface area contributed by atoms with E-state index in [1.54, 1.807) is 18.4 Å². The first-order valence-corrected chi connectivity index (χ1v) is 7.43. The van der Waals surface area contributed by atoms with Gasteiger partial charge in [0.05, 0.1) is 19.4 Å². The molecule has 0 radical (unpaired) electrons. The molecule has 0 aliphatic rings. The first kappa shape index (κ1) is 15.1. The summed E-state index contributed by atoms with van der Waals surface area (Å²) < 4.78 is 7.99. The molecule has 3 rings (SSSR count). The van der Waals surface area contributed by atoms with Crippen molar-refractivity contribution in [3.05, 3.63) is 92.1 Å². The minimum absolute atomic E-state index is 0.263. The van der Waals surface area contributed by atoms with E-state index in [1.807, 2.05) is 26.0 Å². The van der Waals surface area contributed by atoms with Crippen LogP contribution in [0.4, 0.5) is 0 Å². The molecular weight excluding hydrogens is 292 g/mol. The highest BCUT2D eigenvalue weighted by atomic mass is 16.3. The molecule has 0 spiro atoms. The molecule has 0 fully saturated rings. The summed E-state index contributed by atoms with van der Waals surface area (Å²) in [6.45, 7) is 4.57. The van der Waals surface area contributed by atoms with E-state index in [-0.39, 0.29) is 17.8 Å². The predicted octanol–water partition coefficient (Wildman–Crippen LogP) is 2.32. The molecule has 1 aromatic carbocycles. The van der Waals surface area contributed by atoms with Gasteiger partial charge in [0.25, 0.3) is 5.56 Å². The van der Waals surface area contributed by atoms with Crippen LogP contribution >= 0.6 is 0 Å². The summed E-state index contributed by atoms with van der Waals surface area (Å²) >= 11 is 0. The molecule has 3 aromatic rings. The van der Waals surface area contributed by atoms with E-state index in [0.29, 0.717) is 12.3 Å². The van der Waals surface area contributed by atoms with Gasteiger partial charge in [-0.1, -0.05) is 29.3 Å². The first-order valence-electron chi connectivity index (χ1n) is 7.43. The van der Waals surface area contributed by atoms with Crippen LogP contribution in [0.1, 0.15) is 22.5 Å². The molecule has 23 heavy (non-hydrogen) atoms. The van der Waals surface area contributed by atoms with E-state index >= 15 is 0 Å². The van der Waals surface area contributed by atoms with Crippen LogP contribution in [0, 0.1) is 13.8 Å². The molecule has 0 unspecified atom stereocenters. The van der Waals surface area contributed by atoms with E-state index in [4.69, 9.17) is 4.42 Å². The molecule has 0 aliphatic heterocycles. The summed E-state index contributed by atoms with van der Waals surface area (Å²) in [5.74, 6) is 0.670. The standard InChI is InChI=1S/C18H18N2O3/c1-13-8-14(2)10-15(9-13)11-20-17(21)5-6-19(18(20)22)12-16-4-3-7-23-16/h3-10H,11-12H2,1-2H3. The van der Waals surface area contributed by atoms with Crippen molar-refractivity contribution in [1.29, 1.82) is 0 Å². The fourth-order valence-electron chi connectivity index (χ4n) is 2.74. The number of aryl methyl sites for hydroxylation is 2. The second-order valence-corrected chi connectivity index (χ2v) is 5.73. The first-order chi connectivity index (χ1) is 11.0. The van der Waals surface area contributed by atoms with E-state index in [0.717, 1.165) is 16.7 Å². The van der Waals surface area contributed by atoms with Crippen molar-refractivity contribution in [2.24, 2.45) is 0 Å². The molecular formula is C18H18N2O3. The van der Waals surface area contributed by atoms with Gasteiger partial charge in [0.2, 0.25) is 0 Å². The van der Waals surface area contributed by atoms with Crippen LogP contribution < -0.4 is 11.2 Å². The van der Waals surface area contributed by atoms with E-state index in [1.165, 1.54) is 21.4 Å². The monoisotopic (exact) mass is 310 g/mol. The Morgan fingerprint density at radius 1 is 1.00 bits per heavy atom. The van der Waals surface area contributed by atoms with Crippen molar-refractivity contribution >= 4 is 0 Å². The van der Waals surface area contributed by atoms with Crippen LogP contribution in [0.15, 0.2) is 62.9 Å². The minimum atomic E-state index is -0.340. The molecule has 0 aliphatic carbocycles. The summed E-state index contributed by atoms with van der Waals surface area (Å²) in [6, 6.07) is 11.0. The third kappa shape index (κ3) is 3.34. The van der Waals surface area contributed by atoms with Crippen molar-refractivity contribution in [3.8, 4) is 0 Å². The lowest BCUT2D eigenvalue weighted by atomic mass is 10.1. The number of aromatic nitrogens is 2. The zero-order chi connectivity index (χ0) is 16.4. The van der Waals surface area contributed by atoms with E-state index in [9.17, 15) is 9.59 Å². The summed E-state index contributed by atoms with van der Waals surface area (Å²) in [4.78, 5) is 24.7. The normalized spacial score (nSPS) is 10.9. The van der Waals surface area contributed by atoms with E-state index < -0.39 is 0 Å². The second kappa shape index (κ2) is 6.12. The van der Waals surface area contributed by atoms with Gasteiger partial charge in [-0.05, 0) is 31.5 Å². The summed E-state index contributed by atoms with van der Waals surface area (Å²) in [5.41, 5.74) is 2.52. The molecule has 0 bridgehead atoms. The molecule has 0 N–H and O–H groups in total. The molecule has 0 amide bonds. The topological polar surface area (TPSA) is 57.1 Å². The van der Waals surface area contributed by atoms with Gasteiger partial charge in [0.15, 0.2) is 0 Å². The lowest BCUT2D eigenvalue weighted by molar-refractivity contribution is 0.479. The molecule has 0 saturated heterocycles. The Hall–Kier alpha value is -2.82. The Balaban J connectivity index is 1.98. The quantitative estimate of drug-likeness (QED) is 0.743. The van der Waals surface area contributed by atoms with Gasteiger partial charge in [-0.2, -0.15) is 0 Å². The van der Waals surface area contributed by atoms with Gasteiger partial charge in [0.1, 0.15) is 5.76 Å². The van der Waals surface area contributed by atoms with Gasteiger partial charge in [-0.15, -0.1) is 0 Å². The Bertz CT molecular complexity index is 913. The van der Waals surface area contributed by atoms with Crippen LogP contribution in [0.25, 0.3) is 0 Å². The van der Waals surface area contributed by atoms with E-state index in [2.05, 4.69) is 6.07 Å². The number of hydrogen-bond donors (Lipinski definition) is 0. The zero-order valence-corrected chi connectivity index (χ0v) is 13.2. The van der Waals surface area contributed by atoms with Crippen LogP contribution in [0.2, 0.25) is 0 Å². The number of benzene rings is 1. The summed E-state index contributed by atoms with van der Waals surface area (Å²) in [5, 5.41) is 0. The fraction of sp³-hybridized carbons (Fsp3) is 0.222. The van der Waals surface area contributed by atoms with Gasteiger partial charge in [-0.25, -0.2) is 4.79 Å². The van der Waals surface area contributed by atoms with Crippen molar-refractivity contribution in [1.82, 2.24) is 9.13 Å². The third-order valence-electron chi connectivity index (χ3n) is 3.67. The smallest absolute Gasteiger partial charge is 0.331 e. The lowest BCUT2D eigenvalue weighted by Crippen LogP contribution is -2.39. The van der Waals surface area contributed by atoms with Crippen molar-refractivity contribution < 1.29 is 4.42 Å². The van der Waals surface area contributed by atoms with Gasteiger partial charge < -0.3 is 4.42 Å². The maximum Gasteiger partial charge on any atom is 0.331 e. The largest absolute Gasteiger partial charge is 0.467 e. The molecule has 2 heterocycles. The van der Waals surface area contributed by atoms with Crippen LogP contribution in [-0.2, 0) is 13.1 Å². The van der Waals surface area contributed by atoms with Crippen molar-refractivity contribution in [3.63, 3.8) is 0 Å². The van der Waals surface area contributed by atoms with Crippen molar-refractivity contribution in [2.75, 3.05) is 0 Å². The highest BCUT2D eigenvalue weighted by Crippen LogP contribution is 2.09. The van der Waals surface area contributed by atoms with Crippen LogP contribution in [0.5, 0.6) is 0 Å². The zero-order valence-electron chi connectivity index (χ0n) is 13.2. The third-order valence-corrected chi connectivity index (χ3v) is 3.67. The van der Waals surface area contributed by atoms with Crippen molar-refractivity contribution in [2.45, 2.75) is 26.9 Å². The maximum atomic E-state index is 12.6. The van der Waals surface area contributed by atoms with Crippen LogP contribution in [0.3, 0.4) is 0 Å². The number of furan rings is 1. The fourth-order valence-corrected chi connectivity index (χ4v) is 2.74. The molecule has 118 valence electrons. The maximum absolute atomic E-state index is 12.6. The highest BCUT2D eigenvalue weighted by Gasteiger charge is 2.08.